The van der Waals surface area contributed by atoms with Gasteiger partial charge in [-0.2, -0.15) is 0 Å². The van der Waals surface area contributed by atoms with Crippen LogP contribution >= 0.6 is 0 Å². The van der Waals surface area contributed by atoms with Crippen LogP contribution in [0.1, 0.15) is 35.4 Å². The summed E-state index contributed by atoms with van der Waals surface area (Å²) in [6, 6.07) is 28.2. The Balaban J connectivity index is 1.30. The predicted molar refractivity (Wildman–Crippen MR) is 128 cm³/mol. The first kappa shape index (κ1) is 21.6. The van der Waals surface area contributed by atoms with Gasteiger partial charge in [0.05, 0.1) is 6.04 Å². The van der Waals surface area contributed by atoms with Crippen molar-refractivity contribution in [3.05, 3.63) is 102 Å². The SMILES string of the molecule is Cc1ccc(N2CC(NC(=O)NCCC(c3ccccc3)c3ccccc3)CC2=O)cc1. The maximum Gasteiger partial charge on any atom is 0.315 e. The van der Waals surface area contributed by atoms with E-state index in [-0.39, 0.29) is 23.9 Å². The number of anilines is 1. The summed E-state index contributed by atoms with van der Waals surface area (Å²) in [7, 11) is 0. The lowest BCUT2D eigenvalue weighted by molar-refractivity contribution is -0.117. The molecule has 0 aromatic heterocycles. The van der Waals surface area contributed by atoms with Crippen molar-refractivity contribution in [3.63, 3.8) is 0 Å². The summed E-state index contributed by atoms with van der Waals surface area (Å²) in [5.41, 5.74) is 4.49. The quantitative estimate of drug-likeness (QED) is 0.578. The molecule has 0 radical (unpaired) electrons. The van der Waals surface area contributed by atoms with Gasteiger partial charge >= 0.3 is 6.03 Å². The molecule has 5 nitrogen and oxygen atoms in total. The molecular weight excluding hydrogens is 398 g/mol. The van der Waals surface area contributed by atoms with E-state index in [0.717, 1.165) is 17.7 Å². The van der Waals surface area contributed by atoms with E-state index in [1.807, 2.05) is 67.6 Å². The molecule has 1 aliphatic rings. The minimum atomic E-state index is -0.228. The fourth-order valence-corrected chi connectivity index (χ4v) is 4.24. The minimum absolute atomic E-state index is 0.0346. The van der Waals surface area contributed by atoms with Crippen LogP contribution in [0.3, 0.4) is 0 Å². The third-order valence-corrected chi connectivity index (χ3v) is 5.93. The number of carbonyl (C=O) groups excluding carboxylic acids is 2. The number of benzene rings is 3. The highest BCUT2D eigenvalue weighted by atomic mass is 16.2. The molecule has 1 saturated heterocycles. The van der Waals surface area contributed by atoms with Crippen LogP contribution < -0.4 is 15.5 Å². The summed E-state index contributed by atoms with van der Waals surface area (Å²) >= 11 is 0. The Morgan fingerprint density at radius 1 is 0.938 bits per heavy atom. The van der Waals surface area contributed by atoms with Crippen molar-refractivity contribution >= 4 is 17.6 Å². The van der Waals surface area contributed by atoms with Crippen LogP contribution in [-0.2, 0) is 4.79 Å². The number of hydrogen-bond donors (Lipinski definition) is 2. The summed E-state index contributed by atoms with van der Waals surface area (Å²) in [6.45, 7) is 3.05. The molecule has 0 spiro atoms. The maximum atomic E-state index is 12.5. The second-order valence-corrected chi connectivity index (χ2v) is 8.30. The molecule has 1 fully saturated rings. The minimum Gasteiger partial charge on any atom is -0.338 e. The molecule has 1 atom stereocenters. The smallest absolute Gasteiger partial charge is 0.315 e. The molecule has 2 N–H and O–H groups in total. The molecule has 5 heteroatoms. The highest BCUT2D eigenvalue weighted by molar-refractivity contribution is 5.96. The Kier molecular flexibility index (Phi) is 6.85. The molecule has 0 aliphatic carbocycles. The lowest BCUT2D eigenvalue weighted by Gasteiger charge is -2.20. The Hall–Kier alpha value is -3.60. The molecule has 1 unspecified atom stereocenters. The number of urea groups is 1. The van der Waals surface area contributed by atoms with Crippen LogP contribution in [0, 0.1) is 6.92 Å². The molecule has 4 rings (SSSR count). The first-order chi connectivity index (χ1) is 15.6. The van der Waals surface area contributed by atoms with Crippen LogP contribution in [0.2, 0.25) is 0 Å². The predicted octanol–water partition coefficient (Wildman–Crippen LogP) is 4.62. The van der Waals surface area contributed by atoms with E-state index < -0.39 is 0 Å². The van der Waals surface area contributed by atoms with Crippen molar-refractivity contribution in [2.75, 3.05) is 18.0 Å². The lowest BCUT2D eigenvalue weighted by Crippen LogP contribution is -2.43. The van der Waals surface area contributed by atoms with Crippen molar-refractivity contribution < 1.29 is 9.59 Å². The van der Waals surface area contributed by atoms with Gasteiger partial charge in [-0.15, -0.1) is 0 Å². The van der Waals surface area contributed by atoms with Crippen LogP contribution in [-0.4, -0.2) is 31.1 Å². The third-order valence-electron chi connectivity index (χ3n) is 5.93. The van der Waals surface area contributed by atoms with Crippen molar-refractivity contribution in [2.45, 2.75) is 31.7 Å². The Labute approximate surface area is 189 Å². The van der Waals surface area contributed by atoms with Gasteiger partial charge in [0, 0.05) is 31.1 Å². The zero-order valence-electron chi connectivity index (χ0n) is 18.3. The molecule has 3 aromatic rings. The average Bonchev–Trinajstić information content (AvgIpc) is 3.18. The topological polar surface area (TPSA) is 61.4 Å². The van der Waals surface area contributed by atoms with E-state index in [1.165, 1.54) is 11.1 Å². The van der Waals surface area contributed by atoms with E-state index in [4.69, 9.17) is 0 Å². The Bertz CT molecular complexity index is 996. The van der Waals surface area contributed by atoms with Gasteiger partial charge in [0.25, 0.3) is 0 Å². The van der Waals surface area contributed by atoms with Crippen LogP contribution in [0.4, 0.5) is 10.5 Å². The Morgan fingerprint density at radius 2 is 1.53 bits per heavy atom. The highest BCUT2D eigenvalue weighted by Crippen LogP contribution is 2.27. The van der Waals surface area contributed by atoms with E-state index in [1.54, 1.807) is 4.90 Å². The number of aryl methyl sites for hydroxylation is 1. The molecule has 1 heterocycles. The van der Waals surface area contributed by atoms with Crippen molar-refractivity contribution in [3.8, 4) is 0 Å². The molecule has 164 valence electrons. The summed E-state index contributed by atoms with van der Waals surface area (Å²) in [5.74, 6) is 0.246. The van der Waals surface area contributed by atoms with Gasteiger partial charge in [-0.05, 0) is 36.6 Å². The number of nitrogens with one attached hydrogen (secondary N) is 2. The average molecular weight is 428 g/mol. The van der Waals surface area contributed by atoms with Crippen LogP contribution in [0.25, 0.3) is 0 Å². The largest absolute Gasteiger partial charge is 0.338 e. The third kappa shape index (κ3) is 5.35. The lowest BCUT2D eigenvalue weighted by atomic mass is 9.88. The highest BCUT2D eigenvalue weighted by Gasteiger charge is 2.31. The van der Waals surface area contributed by atoms with Gasteiger partial charge < -0.3 is 15.5 Å². The number of carbonyl (C=O) groups is 2. The second-order valence-electron chi connectivity index (χ2n) is 8.30. The molecule has 3 aromatic carbocycles. The monoisotopic (exact) mass is 427 g/mol. The number of nitrogens with zero attached hydrogens (tertiary/aromatic N) is 1. The van der Waals surface area contributed by atoms with Crippen LogP contribution in [0.5, 0.6) is 0 Å². The first-order valence-electron chi connectivity index (χ1n) is 11.1. The van der Waals surface area contributed by atoms with E-state index in [9.17, 15) is 9.59 Å². The summed E-state index contributed by atoms with van der Waals surface area (Å²) < 4.78 is 0. The van der Waals surface area contributed by atoms with Gasteiger partial charge in [-0.25, -0.2) is 4.79 Å². The summed E-state index contributed by atoms with van der Waals surface area (Å²) in [6.07, 6.45) is 1.11. The standard InChI is InChI=1S/C27H29N3O2/c1-20-12-14-24(15-13-20)30-19-23(18-26(30)31)29-27(32)28-17-16-25(21-8-4-2-5-9-21)22-10-6-3-7-11-22/h2-15,23,25H,16-19H2,1H3,(H2,28,29,32). The summed E-state index contributed by atoms with van der Waals surface area (Å²) in [4.78, 5) is 26.7. The zero-order valence-corrected chi connectivity index (χ0v) is 18.3. The zero-order chi connectivity index (χ0) is 22.3. The van der Waals surface area contributed by atoms with Gasteiger partial charge in [0.2, 0.25) is 5.91 Å². The van der Waals surface area contributed by atoms with E-state index in [0.29, 0.717) is 19.5 Å². The van der Waals surface area contributed by atoms with E-state index in [2.05, 4.69) is 34.9 Å². The molecule has 0 bridgehead atoms. The van der Waals surface area contributed by atoms with Crippen molar-refractivity contribution in [2.24, 2.45) is 0 Å². The maximum absolute atomic E-state index is 12.5. The van der Waals surface area contributed by atoms with E-state index >= 15 is 0 Å². The number of hydrogen-bond acceptors (Lipinski definition) is 2. The van der Waals surface area contributed by atoms with Gasteiger partial charge in [-0.3, -0.25) is 4.79 Å². The fraction of sp³-hybridized carbons (Fsp3) is 0.259. The molecule has 32 heavy (non-hydrogen) atoms. The van der Waals surface area contributed by atoms with Crippen molar-refractivity contribution in [1.82, 2.24) is 10.6 Å². The van der Waals surface area contributed by atoms with Gasteiger partial charge in [-0.1, -0.05) is 78.4 Å². The Morgan fingerprint density at radius 3 is 2.12 bits per heavy atom. The molecule has 0 saturated carbocycles. The first-order valence-corrected chi connectivity index (χ1v) is 11.1. The van der Waals surface area contributed by atoms with Gasteiger partial charge in [0.15, 0.2) is 0 Å². The summed E-state index contributed by atoms with van der Waals surface area (Å²) in [5, 5.41) is 5.94. The number of rotatable bonds is 7. The van der Waals surface area contributed by atoms with Crippen LogP contribution in [0.15, 0.2) is 84.9 Å². The van der Waals surface area contributed by atoms with Gasteiger partial charge in [0.1, 0.15) is 0 Å². The molecule has 3 amide bonds. The second kappa shape index (κ2) is 10.1. The number of amides is 3. The molecular formula is C27H29N3O2. The van der Waals surface area contributed by atoms with Crippen molar-refractivity contribution in [1.29, 1.82) is 0 Å². The molecule has 1 aliphatic heterocycles. The fourth-order valence-electron chi connectivity index (χ4n) is 4.24. The normalized spacial score (nSPS) is 15.8.